The second-order valence-corrected chi connectivity index (χ2v) is 6.37. The van der Waals surface area contributed by atoms with Crippen molar-refractivity contribution in [3.63, 3.8) is 0 Å². The first-order valence-corrected chi connectivity index (χ1v) is 8.38. The van der Waals surface area contributed by atoms with Gasteiger partial charge in [-0.1, -0.05) is 12.1 Å². The third kappa shape index (κ3) is 4.07. The van der Waals surface area contributed by atoms with Crippen molar-refractivity contribution < 1.29 is 9.59 Å². The molecule has 3 rings (SSSR count). The monoisotopic (exact) mass is 330 g/mol. The molecule has 1 saturated heterocycles. The molecule has 6 nitrogen and oxygen atoms in total. The van der Waals surface area contributed by atoms with E-state index in [0.717, 1.165) is 11.3 Å². The highest BCUT2D eigenvalue weighted by Gasteiger charge is 2.23. The largest absolute Gasteiger partial charge is 0.352 e. The highest BCUT2D eigenvalue weighted by atomic mass is 32.1. The van der Waals surface area contributed by atoms with Crippen molar-refractivity contribution in [2.45, 2.75) is 25.4 Å². The van der Waals surface area contributed by atoms with Gasteiger partial charge in [0, 0.05) is 30.1 Å². The lowest BCUT2D eigenvalue weighted by Gasteiger charge is -2.22. The predicted molar refractivity (Wildman–Crippen MR) is 89.3 cm³/mol. The van der Waals surface area contributed by atoms with Crippen molar-refractivity contribution in [1.82, 2.24) is 15.6 Å². The van der Waals surface area contributed by atoms with Crippen molar-refractivity contribution >= 4 is 29.1 Å². The molecule has 2 N–H and O–H groups in total. The summed E-state index contributed by atoms with van der Waals surface area (Å²) in [5.41, 5.74) is 0. The van der Waals surface area contributed by atoms with Gasteiger partial charge in [0.05, 0.1) is 6.54 Å². The highest BCUT2D eigenvalue weighted by Crippen LogP contribution is 2.17. The van der Waals surface area contributed by atoms with Gasteiger partial charge in [0.25, 0.3) is 0 Å². The fourth-order valence-corrected chi connectivity index (χ4v) is 3.16. The second-order valence-electron chi connectivity index (χ2n) is 5.34. The fourth-order valence-electron chi connectivity index (χ4n) is 2.47. The Morgan fingerprint density at radius 1 is 1.39 bits per heavy atom. The van der Waals surface area contributed by atoms with Gasteiger partial charge in [0.1, 0.15) is 5.82 Å². The maximum atomic E-state index is 12.6. The molecule has 0 radical (unpaired) electrons. The van der Waals surface area contributed by atoms with Crippen molar-refractivity contribution in [3.8, 4) is 0 Å². The minimum atomic E-state index is -0.210. The number of carbonyl (C=O) groups excluding carboxylic acids is 2. The molecule has 3 amide bonds. The van der Waals surface area contributed by atoms with Crippen LogP contribution in [-0.2, 0) is 11.3 Å². The van der Waals surface area contributed by atoms with Gasteiger partial charge in [0.2, 0.25) is 5.91 Å². The van der Waals surface area contributed by atoms with Crippen LogP contribution >= 0.6 is 11.3 Å². The molecule has 120 valence electrons. The molecule has 1 fully saturated rings. The predicted octanol–water partition coefficient (Wildman–Crippen LogP) is 2.14. The van der Waals surface area contributed by atoms with Crippen LogP contribution < -0.4 is 15.5 Å². The number of anilines is 1. The molecular weight excluding hydrogens is 312 g/mol. The third-order valence-corrected chi connectivity index (χ3v) is 4.51. The molecule has 2 aromatic rings. The number of nitrogens with zero attached hydrogens (tertiary/aromatic N) is 2. The average molecular weight is 330 g/mol. The zero-order chi connectivity index (χ0) is 16.1. The van der Waals surface area contributed by atoms with Crippen LogP contribution in [0.5, 0.6) is 0 Å². The number of thiophene rings is 1. The Labute approximate surface area is 138 Å². The van der Waals surface area contributed by atoms with E-state index in [9.17, 15) is 9.59 Å². The number of hydrogen-bond donors (Lipinski definition) is 2. The maximum Gasteiger partial charge on any atom is 0.323 e. The molecule has 0 bridgehead atoms. The van der Waals surface area contributed by atoms with Crippen LogP contribution in [0.15, 0.2) is 41.9 Å². The smallest absolute Gasteiger partial charge is 0.323 e. The van der Waals surface area contributed by atoms with Crippen molar-refractivity contribution in [3.05, 3.63) is 46.8 Å². The van der Waals surface area contributed by atoms with Crippen LogP contribution in [-0.4, -0.2) is 29.5 Å². The molecule has 0 unspecified atom stereocenters. The van der Waals surface area contributed by atoms with Crippen LogP contribution in [0.3, 0.4) is 0 Å². The van der Waals surface area contributed by atoms with E-state index in [1.165, 1.54) is 0 Å². The first-order valence-electron chi connectivity index (χ1n) is 7.50. The number of urea groups is 1. The maximum absolute atomic E-state index is 12.6. The SMILES string of the molecule is O=C1CC[C@H](CNC(=O)N(Cc2cccs2)c2ccccn2)N1. The first-order chi connectivity index (χ1) is 11.2. The van der Waals surface area contributed by atoms with E-state index >= 15 is 0 Å². The minimum absolute atomic E-state index is 0.0128. The van der Waals surface area contributed by atoms with E-state index < -0.39 is 0 Å². The lowest BCUT2D eigenvalue weighted by atomic mass is 10.2. The molecule has 0 aromatic carbocycles. The Balaban J connectivity index is 1.67. The van der Waals surface area contributed by atoms with E-state index in [1.807, 2.05) is 35.7 Å². The zero-order valence-corrected chi connectivity index (χ0v) is 13.4. The van der Waals surface area contributed by atoms with Gasteiger partial charge in [-0.3, -0.25) is 9.69 Å². The molecule has 3 heterocycles. The van der Waals surface area contributed by atoms with Crippen LogP contribution in [0, 0.1) is 0 Å². The Morgan fingerprint density at radius 3 is 2.96 bits per heavy atom. The van der Waals surface area contributed by atoms with Crippen LogP contribution in [0.25, 0.3) is 0 Å². The van der Waals surface area contributed by atoms with Gasteiger partial charge >= 0.3 is 6.03 Å². The fraction of sp³-hybridized carbons (Fsp3) is 0.312. The zero-order valence-electron chi connectivity index (χ0n) is 12.6. The van der Waals surface area contributed by atoms with Crippen molar-refractivity contribution in [2.24, 2.45) is 0 Å². The number of carbonyl (C=O) groups is 2. The summed E-state index contributed by atoms with van der Waals surface area (Å²) in [5, 5.41) is 7.72. The van der Waals surface area contributed by atoms with E-state index in [2.05, 4.69) is 15.6 Å². The Kier molecular flexibility index (Phi) is 4.87. The number of amides is 3. The standard InChI is InChI=1S/C16H18N4O2S/c21-15-7-6-12(19-15)10-18-16(22)20(11-13-4-3-9-23-13)14-5-1-2-8-17-14/h1-5,8-9,12H,6-7,10-11H2,(H,18,22)(H,19,21)/t12-/m1/s1. The summed E-state index contributed by atoms with van der Waals surface area (Å²) >= 11 is 1.60. The lowest BCUT2D eigenvalue weighted by molar-refractivity contribution is -0.119. The van der Waals surface area contributed by atoms with E-state index in [1.54, 1.807) is 22.4 Å². The minimum Gasteiger partial charge on any atom is -0.352 e. The van der Waals surface area contributed by atoms with Gasteiger partial charge in [0.15, 0.2) is 0 Å². The molecule has 0 spiro atoms. The van der Waals surface area contributed by atoms with E-state index in [0.29, 0.717) is 25.3 Å². The third-order valence-electron chi connectivity index (χ3n) is 3.65. The Hall–Kier alpha value is -2.41. The van der Waals surface area contributed by atoms with Gasteiger partial charge in [-0.2, -0.15) is 0 Å². The molecule has 0 saturated carbocycles. The van der Waals surface area contributed by atoms with E-state index in [-0.39, 0.29) is 18.0 Å². The number of hydrogen-bond acceptors (Lipinski definition) is 4. The first kappa shape index (κ1) is 15.5. The molecule has 2 aromatic heterocycles. The van der Waals surface area contributed by atoms with Crippen molar-refractivity contribution in [1.29, 1.82) is 0 Å². The summed E-state index contributed by atoms with van der Waals surface area (Å²) in [7, 11) is 0. The summed E-state index contributed by atoms with van der Waals surface area (Å²) in [4.78, 5) is 30.8. The van der Waals surface area contributed by atoms with Gasteiger partial charge in [-0.25, -0.2) is 9.78 Å². The van der Waals surface area contributed by atoms with Gasteiger partial charge in [-0.15, -0.1) is 11.3 Å². The number of rotatable bonds is 5. The summed E-state index contributed by atoms with van der Waals surface area (Å²) < 4.78 is 0. The summed E-state index contributed by atoms with van der Waals surface area (Å²) in [6, 6.07) is 9.24. The molecule has 23 heavy (non-hydrogen) atoms. The average Bonchev–Trinajstić information content (AvgIpc) is 3.23. The molecule has 0 aliphatic carbocycles. The normalized spacial score (nSPS) is 16.9. The van der Waals surface area contributed by atoms with Crippen molar-refractivity contribution in [2.75, 3.05) is 11.4 Å². The molecule has 1 atom stereocenters. The quantitative estimate of drug-likeness (QED) is 0.882. The summed E-state index contributed by atoms with van der Waals surface area (Å²) in [6.45, 7) is 0.899. The molecule has 7 heteroatoms. The Bertz CT molecular complexity index is 660. The second kappa shape index (κ2) is 7.23. The van der Waals surface area contributed by atoms with Gasteiger partial charge < -0.3 is 10.6 Å². The molecular formula is C16H18N4O2S. The lowest BCUT2D eigenvalue weighted by Crippen LogP contribution is -2.45. The van der Waals surface area contributed by atoms with E-state index in [4.69, 9.17) is 0 Å². The molecule has 1 aliphatic heterocycles. The topological polar surface area (TPSA) is 74.3 Å². The Morgan fingerprint density at radius 2 is 2.30 bits per heavy atom. The van der Waals surface area contributed by atoms with Crippen LogP contribution in [0.2, 0.25) is 0 Å². The number of pyridine rings is 1. The van der Waals surface area contributed by atoms with Crippen LogP contribution in [0.4, 0.5) is 10.6 Å². The summed E-state index contributed by atoms with van der Waals surface area (Å²) in [5.74, 6) is 0.651. The number of aromatic nitrogens is 1. The van der Waals surface area contributed by atoms with Crippen LogP contribution in [0.1, 0.15) is 17.7 Å². The highest BCUT2D eigenvalue weighted by molar-refractivity contribution is 7.09. The summed E-state index contributed by atoms with van der Waals surface area (Å²) in [6.07, 6.45) is 2.95. The number of nitrogens with one attached hydrogen (secondary N) is 2. The van der Waals surface area contributed by atoms with Gasteiger partial charge in [-0.05, 0) is 30.0 Å². The molecule has 1 aliphatic rings.